The highest BCUT2D eigenvalue weighted by Crippen LogP contribution is 2.21. The largest absolute Gasteiger partial charge is 0.486 e. The molecule has 2 bridgehead atoms. The molecule has 2 unspecified atom stereocenters. The first kappa shape index (κ1) is 17.5. The number of fused-ring (bicyclic) bond motifs is 2. The highest BCUT2D eigenvalue weighted by Gasteiger charge is 2.31. The summed E-state index contributed by atoms with van der Waals surface area (Å²) >= 11 is 1.56. The molecule has 4 rings (SSSR count). The number of hydrogen-bond acceptors (Lipinski definition) is 5. The van der Waals surface area contributed by atoms with Crippen LogP contribution < -0.4 is 10.1 Å². The van der Waals surface area contributed by atoms with Gasteiger partial charge in [-0.05, 0) is 38.3 Å². The van der Waals surface area contributed by atoms with Crippen molar-refractivity contribution in [1.82, 2.24) is 15.2 Å². The molecule has 2 saturated heterocycles. The zero-order valence-corrected chi connectivity index (χ0v) is 15.9. The summed E-state index contributed by atoms with van der Waals surface area (Å²) in [6, 6.07) is 9.07. The fourth-order valence-corrected chi connectivity index (χ4v) is 4.42. The van der Waals surface area contributed by atoms with Crippen molar-refractivity contribution in [2.45, 2.75) is 51.3 Å². The minimum atomic E-state index is 0.190. The van der Waals surface area contributed by atoms with Crippen LogP contribution in [0.4, 0.5) is 0 Å². The molecule has 138 valence electrons. The van der Waals surface area contributed by atoms with E-state index in [1.54, 1.807) is 11.3 Å². The van der Waals surface area contributed by atoms with Crippen LogP contribution in [0.25, 0.3) is 0 Å². The van der Waals surface area contributed by atoms with Gasteiger partial charge in [0.05, 0.1) is 12.1 Å². The van der Waals surface area contributed by atoms with Gasteiger partial charge in [-0.3, -0.25) is 4.79 Å². The number of amides is 1. The minimum absolute atomic E-state index is 0.190. The van der Waals surface area contributed by atoms with Gasteiger partial charge in [0.2, 0.25) is 5.91 Å². The Kier molecular flexibility index (Phi) is 5.22. The van der Waals surface area contributed by atoms with E-state index in [2.05, 4.69) is 17.2 Å². The summed E-state index contributed by atoms with van der Waals surface area (Å²) in [5.74, 6) is 1.03. The van der Waals surface area contributed by atoms with Gasteiger partial charge in [-0.15, -0.1) is 11.3 Å². The summed E-state index contributed by atoms with van der Waals surface area (Å²) < 4.78 is 5.78. The smallest absolute Gasteiger partial charge is 0.228 e. The van der Waals surface area contributed by atoms with Crippen LogP contribution in [0.1, 0.15) is 35.5 Å². The van der Waals surface area contributed by atoms with Gasteiger partial charge < -0.3 is 15.0 Å². The monoisotopic (exact) mass is 371 g/mol. The van der Waals surface area contributed by atoms with Crippen molar-refractivity contribution in [1.29, 1.82) is 0 Å². The standard InChI is InChI=1S/C20H25N3O2S/c1-14-2-6-18(7-3-14)25-12-19-22-17(13-26-19)10-20(24)23-9-8-15-4-5-16(11-23)21-15/h2-3,6-7,13,15-16,21H,4-5,8-12H2,1H3. The lowest BCUT2D eigenvalue weighted by Gasteiger charge is -2.24. The van der Waals surface area contributed by atoms with Gasteiger partial charge in [-0.25, -0.2) is 4.98 Å². The molecule has 5 nitrogen and oxygen atoms in total. The third kappa shape index (κ3) is 4.24. The van der Waals surface area contributed by atoms with Crippen molar-refractivity contribution < 1.29 is 9.53 Å². The number of benzene rings is 1. The second-order valence-corrected chi connectivity index (χ2v) is 8.22. The van der Waals surface area contributed by atoms with E-state index in [4.69, 9.17) is 4.74 Å². The maximum atomic E-state index is 12.6. The number of nitrogens with one attached hydrogen (secondary N) is 1. The van der Waals surface area contributed by atoms with E-state index in [9.17, 15) is 4.79 Å². The lowest BCUT2D eigenvalue weighted by atomic mass is 10.1. The maximum absolute atomic E-state index is 12.6. The zero-order valence-electron chi connectivity index (χ0n) is 15.1. The van der Waals surface area contributed by atoms with Crippen molar-refractivity contribution in [3.05, 3.63) is 45.9 Å². The number of carbonyl (C=O) groups excluding carboxylic acids is 1. The Bertz CT molecular complexity index is 759. The van der Waals surface area contributed by atoms with E-state index in [1.165, 1.54) is 18.4 Å². The second-order valence-electron chi connectivity index (χ2n) is 7.28. The number of thiazole rings is 1. The van der Waals surface area contributed by atoms with Crippen LogP contribution >= 0.6 is 11.3 Å². The fourth-order valence-electron chi connectivity index (χ4n) is 3.71. The minimum Gasteiger partial charge on any atom is -0.486 e. The van der Waals surface area contributed by atoms with Crippen LogP contribution in [0.5, 0.6) is 5.75 Å². The van der Waals surface area contributed by atoms with Gasteiger partial charge in [0.15, 0.2) is 0 Å². The molecule has 1 N–H and O–H groups in total. The van der Waals surface area contributed by atoms with E-state index in [-0.39, 0.29) is 5.91 Å². The molecule has 2 aliphatic rings. The summed E-state index contributed by atoms with van der Waals surface area (Å²) in [5.41, 5.74) is 2.06. The molecule has 26 heavy (non-hydrogen) atoms. The number of aromatic nitrogens is 1. The van der Waals surface area contributed by atoms with Gasteiger partial charge in [0.1, 0.15) is 17.4 Å². The van der Waals surface area contributed by atoms with Crippen molar-refractivity contribution in [3.63, 3.8) is 0 Å². The van der Waals surface area contributed by atoms with Gasteiger partial charge in [0.25, 0.3) is 0 Å². The molecule has 2 atom stereocenters. The Balaban J connectivity index is 1.30. The number of carbonyl (C=O) groups is 1. The molecule has 2 aliphatic heterocycles. The molecule has 0 saturated carbocycles. The third-order valence-corrected chi connectivity index (χ3v) is 6.06. The van der Waals surface area contributed by atoms with Crippen molar-refractivity contribution >= 4 is 17.2 Å². The summed E-state index contributed by atoms with van der Waals surface area (Å²) in [4.78, 5) is 19.2. The molecule has 0 spiro atoms. The van der Waals surface area contributed by atoms with Crippen molar-refractivity contribution in [3.8, 4) is 5.75 Å². The Hall–Kier alpha value is -1.92. The Labute approximate surface area is 158 Å². The molecule has 0 aliphatic carbocycles. The van der Waals surface area contributed by atoms with Gasteiger partial charge in [-0.2, -0.15) is 0 Å². The molecule has 0 radical (unpaired) electrons. The summed E-state index contributed by atoms with van der Waals surface area (Å²) in [7, 11) is 0. The number of likely N-dealkylation sites (tertiary alicyclic amines) is 1. The molecule has 6 heteroatoms. The first-order chi connectivity index (χ1) is 12.7. The first-order valence-electron chi connectivity index (χ1n) is 9.32. The first-order valence-corrected chi connectivity index (χ1v) is 10.2. The number of aryl methyl sites for hydroxylation is 1. The van der Waals surface area contributed by atoms with E-state index in [1.807, 2.05) is 34.5 Å². The van der Waals surface area contributed by atoms with E-state index >= 15 is 0 Å². The second kappa shape index (κ2) is 7.76. The van der Waals surface area contributed by atoms with E-state index in [0.29, 0.717) is 25.1 Å². The predicted molar refractivity (Wildman–Crippen MR) is 102 cm³/mol. The summed E-state index contributed by atoms with van der Waals surface area (Å²) in [6.07, 6.45) is 3.89. The molecule has 1 aromatic heterocycles. The molecule has 2 aromatic rings. The average Bonchev–Trinajstić information content (AvgIpc) is 3.20. The van der Waals surface area contributed by atoms with E-state index < -0.39 is 0 Å². The maximum Gasteiger partial charge on any atom is 0.228 e. The van der Waals surface area contributed by atoms with E-state index in [0.717, 1.165) is 36.0 Å². The molecular formula is C20H25N3O2S. The van der Waals surface area contributed by atoms with Crippen LogP contribution in [0.3, 0.4) is 0 Å². The number of nitrogens with zero attached hydrogens (tertiary/aromatic N) is 2. The number of hydrogen-bond donors (Lipinski definition) is 1. The number of rotatable bonds is 5. The van der Waals surface area contributed by atoms with Crippen LogP contribution in [0, 0.1) is 6.92 Å². The fraction of sp³-hybridized carbons (Fsp3) is 0.500. The predicted octanol–water partition coefficient (Wildman–Crippen LogP) is 2.93. The zero-order chi connectivity index (χ0) is 17.9. The van der Waals surface area contributed by atoms with Gasteiger partial charge in [0, 0.05) is 30.6 Å². The average molecular weight is 372 g/mol. The van der Waals surface area contributed by atoms with Crippen LogP contribution in [-0.2, 0) is 17.8 Å². The Morgan fingerprint density at radius 2 is 2.08 bits per heavy atom. The third-order valence-electron chi connectivity index (χ3n) is 5.19. The highest BCUT2D eigenvalue weighted by atomic mass is 32.1. The molecule has 1 aromatic carbocycles. The molecule has 2 fully saturated rings. The Morgan fingerprint density at radius 1 is 1.27 bits per heavy atom. The SMILES string of the molecule is Cc1ccc(OCc2nc(CC(=O)N3CCC4CCC(C3)N4)cs2)cc1. The lowest BCUT2D eigenvalue weighted by Crippen LogP contribution is -2.39. The Morgan fingerprint density at radius 3 is 2.92 bits per heavy atom. The van der Waals surface area contributed by atoms with Crippen molar-refractivity contribution in [2.24, 2.45) is 0 Å². The summed E-state index contributed by atoms with van der Waals surface area (Å²) in [5, 5.41) is 6.50. The number of ether oxygens (including phenoxy) is 1. The topological polar surface area (TPSA) is 54.5 Å². The van der Waals surface area contributed by atoms with Gasteiger partial charge >= 0.3 is 0 Å². The summed E-state index contributed by atoms with van der Waals surface area (Å²) in [6.45, 7) is 4.20. The van der Waals surface area contributed by atoms with Gasteiger partial charge in [-0.1, -0.05) is 17.7 Å². The van der Waals surface area contributed by atoms with Crippen molar-refractivity contribution in [2.75, 3.05) is 13.1 Å². The highest BCUT2D eigenvalue weighted by molar-refractivity contribution is 7.09. The quantitative estimate of drug-likeness (QED) is 0.878. The van der Waals surface area contributed by atoms with Crippen LogP contribution in [0.2, 0.25) is 0 Å². The lowest BCUT2D eigenvalue weighted by molar-refractivity contribution is -0.130. The molecule has 3 heterocycles. The molecule has 1 amide bonds. The normalized spacial score (nSPS) is 22.3. The molecular weight excluding hydrogens is 346 g/mol. The van der Waals surface area contributed by atoms with Crippen LogP contribution in [-0.4, -0.2) is 41.0 Å². The van der Waals surface area contributed by atoms with Crippen LogP contribution in [0.15, 0.2) is 29.6 Å².